The van der Waals surface area contributed by atoms with Gasteiger partial charge in [-0.3, -0.25) is 18.8 Å². The van der Waals surface area contributed by atoms with Crippen molar-refractivity contribution in [2.75, 3.05) is 0 Å². The van der Waals surface area contributed by atoms with Gasteiger partial charge in [0.1, 0.15) is 5.39 Å². The minimum Gasteiger partial charge on any atom is -0.481 e. The maximum absolute atomic E-state index is 11.9. The summed E-state index contributed by atoms with van der Waals surface area (Å²) < 4.78 is 2.94. The summed E-state index contributed by atoms with van der Waals surface area (Å²) in [6.07, 6.45) is 3.34. The fourth-order valence-electron chi connectivity index (χ4n) is 1.63. The molecule has 2 aromatic heterocycles. The fourth-order valence-corrected chi connectivity index (χ4v) is 1.63. The molecule has 0 radical (unpaired) electrons. The van der Waals surface area contributed by atoms with E-state index in [4.69, 9.17) is 5.11 Å². The van der Waals surface area contributed by atoms with Crippen LogP contribution in [0.15, 0.2) is 17.3 Å². The molecule has 0 aromatic carbocycles. The maximum Gasteiger partial charge on any atom is 0.303 e. The molecule has 7 heteroatoms. The average molecular weight is 236 g/mol. The molecule has 17 heavy (non-hydrogen) atoms. The molecule has 0 aliphatic rings. The second kappa shape index (κ2) is 4.36. The number of fused-ring (bicyclic) bond motifs is 1. The third kappa shape index (κ3) is 2.17. The zero-order valence-electron chi connectivity index (χ0n) is 9.33. The highest BCUT2D eigenvalue weighted by molar-refractivity contribution is 5.72. The highest BCUT2D eigenvalue weighted by Crippen LogP contribution is 2.03. The van der Waals surface area contributed by atoms with Crippen molar-refractivity contribution in [3.63, 3.8) is 0 Å². The van der Waals surface area contributed by atoms with E-state index in [1.807, 2.05) is 0 Å². The molecule has 0 saturated carbocycles. The second-order valence-corrected chi connectivity index (χ2v) is 3.75. The van der Waals surface area contributed by atoms with Gasteiger partial charge in [-0.1, -0.05) is 0 Å². The summed E-state index contributed by atoms with van der Waals surface area (Å²) in [7, 11) is 1.71. The van der Waals surface area contributed by atoms with E-state index in [1.54, 1.807) is 7.05 Å². The lowest BCUT2D eigenvalue weighted by Gasteiger charge is -2.03. The van der Waals surface area contributed by atoms with Gasteiger partial charge < -0.3 is 5.11 Å². The molecule has 2 heterocycles. The molecule has 2 aromatic rings. The van der Waals surface area contributed by atoms with Crippen molar-refractivity contribution < 1.29 is 9.90 Å². The summed E-state index contributed by atoms with van der Waals surface area (Å²) in [6, 6.07) is 0. The van der Waals surface area contributed by atoms with Gasteiger partial charge in [-0.05, 0) is 6.42 Å². The number of hydrogen-bond acceptors (Lipinski definition) is 4. The molecular formula is C10H12N4O3. The Morgan fingerprint density at radius 2 is 2.29 bits per heavy atom. The summed E-state index contributed by atoms with van der Waals surface area (Å²) in [6.45, 7) is 0.350. The number of aryl methyl sites for hydroxylation is 2. The Bertz CT molecular complexity index is 614. The van der Waals surface area contributed by atoms with Crippen LogP contribution in [0.4, 0.5) is 0 Å². The molecule has 0 unspecified atom stereocenters. The van der Waals surface area contributed by atoms with Crippen LogP contribution in [0.3, 0.4) is 0 Å². The zero-order valence-corrected chi connectivity index (χ0v) is 9.33. The number of carbonyl (C=O) groups is 1. The van der Waals surface area contributed by atoms with Crippen molar-refractivity contribution >= 4 is 17.0 Å². The lowest BCUT2D eigenvalue weighted by molar-refractivity contribution is -0.137. The first kappa shape index (κ1) is 11.3. The molecular weight excluding hydrogens is 224 g/mol. The standard InChI is InChI=1S/C10H12N4O3/c1-13-9-7(5-12-13)10(17)14(6-11-9)4-2-3-8(15)16/h5-6H,2-4H2,1H3,(H,15,16). The predicted molar refractivity (Wildman–Crippen MR) is 59.6 cm³/mol. The van der Waals surface area contributed by atoms with Crippen molar-refractivity contribution in [3.05, 3.63) is 22.9 Å². The summed E-state index contributed by atoms with van der Waals surface area (Å²) >= 11 is 0. The number of nitrogens with zero attached hydrogens (tertiary/aromatic N) is 4. The van der Waals surface area contributed by atoms with Crippen molar-refractivity contribution in [1.82, 2.24) is 19.3 Å². The lowest BCUT2D eigenvalue weighted by Crippen LogP contribution is -2.20. The third-order valence-corrected chi connectivity index (χ3v) is 2.51. The Kier molecular flexibility index (Phi) is 2.90. The van der Waals surface area contributed by atoms with Crippen LogP contribution in [0, 0.1) is 0 Å². The molecule has 2 rings (SSSR count). The number of aromatic nitrogens is 4. The molecule has 0 fully saturated rings. The molecule has 90 valence electrons. The van der Waals surface area contributed by atoms with Gasteiger partial charge >= 0.3 is 5.97 Å². The highest BCUT2D eigenvalue weighted by Gasteiger charge is 2.07. The first-order valence-electron chi connectivity index (χ1n) is 5.18. The number of carboxylic acid groups (broad SMARTS) is 1. The number of aliphatic carboxylic acids is 1. The third-order valence-electron chi connectivity index (χ3n) is 2.51. The number of carboxylic acids is 1. The van der Waals surface area contributed by atoms with E-state index < -0.39 is 5.97 Å². The molecule has 0 aliphatic carbocycles. The van der Waals surface area contributed by atoms with Gasteiger partial charge in [-0.25, -0.2) is 4.98 Å². The van der Waals surface area contributed by atoms with E-state index in [-0.39, 0.29) is 12.0 Å². The van der Waals surface area contributed by atoms with Gasteiger partial charge in [0.15, 0.2) is 5.65 Å². The van der Waals surface area contributed by atoms with Crippen LogP contribution in [0.1, 0.15) is 12.8 Å². The Morgan fingerprint density at radius 3 is 3.00 bits per heavy atom. The quantitative estimate of drug-likeness (QED) is 0.806. The number of hydrogen-bond donors (Lipinski definition) is 1. The maximum atomic E-state index is 11.9. The Labute approximate surface area is 96.3 Å². The van der Waals surface area contributed by atoms with Crippen LogP contribution < -0.4 is 5.56 Å². The summed E-state index contributed by atoms with van der Waals surface area (Å²) in [4.78, 5) is 26.4. The Balaban J connectivity index is 2.27. The van der Waals surface area contributed by atoms with Crippen LogP contribution in [-0.4, -0.2) is 30.4 Å². The second-order valence-electron chi connectivity index (χ2n) is 3.75. The van der Waals surface area contributed by atoms with Crippen LogP contribution in [0.2, 0.25) is 0 Å². The van der Waals surface area contributed by atoms with Gasteiger partial charge in [0.2, 0.25) is 0 Å². The monoisotopic (exact) mass is 236 g/mol. The summed E-state index contributed by atoms with van der Waals surface area (Å²) in [5.41, 5.74) is 0.345. The molecule has 0 amide bonds. The largest absolute Gasteiger partial charge is 0.481 e. The van der Waals surface area contributed by atoms with E-state index in [9.17, 15) is 9.59 Å². The summed E-state index contributed by atoms with van der Waals surface area (Å²) in [5, 5.41) is 12.9. The molecule has 0 saturated heterocycles. The minimum atomic E-state index is -0.867. The van der Waals surface area contributed by atoms with Crippen LogP contribution in [-0.2, 0) is 18.4 Å². The van der Waals surface area contributed by atoms with Crippen molar-refractivity contribution in [2.45, 2.75) is 19.4 Å². The molecule has 7 nitrogen and oxygen atoms in total. The first-order chi connectivity index (χ1) is 8.09. The Morgan fingerprint density at radius 1 is 1.53 bits per heavy atom. The minimum absolute atomic E-state index is 0.0392. The van der Waals surface area contributed by atoms with Crippen molar-refractivity contribution in [1.29, 1.82) is 0 Å². The van der Waals surface area contributed by atoms with Crippen LogP contribution in [0.5, 0.6) is 0 Å². The van der Waals surface area contributed by atoms with Crippen molar-refractivity contribution in [3.8, 4) is 0 Å². The van der Waals surface area contributed by atoms with Crippen molar-refractivity contribution in [2.24, 2.45) is 7.05 Å². The lowest BCUT2D eigenvalue weighted by atomic mass is 10.3. The molecule has 1 N–H and O–H groups in total. The first-order valence-corrected chi connectivity index (χ1v) is 5.18. The van der Waals surface area contributed by atoms with E-state index in [1.165, 1.54) is 21.8 Å². The van der Waals surface area contributed by atoms with E-state index in [0.29, 0.717) is 24.0 Å². The molecule has 0 aliphatic heterocycles. The predicted octanol–water partition coefficient (Wildman–Crippen LogP) is -0.00520. The van der Waals surface area contributed by atoms with Gasteiger partial charge in [-0.2, -0.15) is 5.10 Å². The van der Waals surface area contributed by atoms with Crippen LogP contribution >= 0.6 is 0 Å². The fraction of sp³-hybridized carbons (Fsp3) is 0.400. The van der Waals surface area contributed by atoms with E-state index >= 15 is 0 Å². The zero-order chi connectivity index (χ0) is 12.4. The SMILES string of the molecule is Cn1ncc2c(=O)n(CCCC(=O)O)cnc21. The van der Waals surface area contributed by atoms with Gasteiger partial charge in [0, 0.05) is 20.0 Å². The smallest absolute Gasteiger partial charge is 0.303 e. The molecule has 0 bridgehead atoms. The normalized spacial score (nSPS) is 10.9. The molecule has 0 spiro atoms. The van der Waals surface area contributed by atoms with Gasteiger partial charge in [-0.15, -0.1) is 0 Å². The van der Waals surface area contributed by atoms with E-state index in [2.05, 4.69) is 10.1 Å². The Hall–Kier alpha value is -2.18. The topological polar surface area (TPSA) is 90.0 Å². The van der Waals surface area contributed by atoms with Gasteiger partial charge in [0.05, 0.1) is 12.5 Å². The number of rotatable bonds is 4. The molecule has 0 atom stereocenters. The highest BCUT2D eigenvalue weighted by atomic mass is 16.4. The van der Waals surface area contributed by atoms with Crippen LogP contribution in [0.25, 0.3) is 11.0 Å². The average Bonchev–Trinajstić information content (AvgIpc) is 2.64. The van der Waals surface area contributed by atoms with Gasteiger partial charge in [0.25, 0.3) is 5.56 Å². The van der Waals surface area contributed by atoms with E-state index in [0.717, 1.165) is 0 Å². The summed E-state index contributed by atoms with van der Waals surface area (Å²) in [5.74, 6) is -0.867.